The maximum atomic E-state index is 14.3. The number of allylic oxidation sites excluding steroid dienone is 1. The third kappa shape index (κ3) is 2.87. The standard InChI is InChI=1S/C27H33NO6/c1-14-12-26-15(2)10-19-20(25(19,3)4)18(22(26)31)11-16(13-29)21(30)27(26,33)23(14)34-24(32)28-17-8-6-5-7-9-17/h5-9,11-12,15,18-21,23,29-30,33H,10,13H2,1-4H3,(H,28,32)/t15?,18-,19+,20-,21+,23-,26?,27-/m0/s1. The molecule has 2 saturated carbocycles. The summed E-state index contributed by atoms with van der Waals surface area (Å²) in [4.78, 5) is 27.1. The van der Waals surface area contributed by atoms with Gasteiger partial charge in [-0.1, -0.05) is 51.1 Å². The molecule has 0 aliphatic heterocycles. The molecule has 0 heterocycles. The predicted molar refractivity (Wildman–Crippen MR) is 126 cm³/mol. The number of ketones is 1. The van der Waals surface area contributed by atoms with Crippen LogP contribution >= 0.6 is 0 Å². The number of carbonyl (C=O) groups excluding carboxylic acids is 2. The smallest absolute Gasteiger partial charge is 0.412 e. The fraction of sp³-hybridized carbons (Fsp3) is 0.556. The monoisotopic (exact) mass is 467 g/mol. The molecule has 4 N–H and O–H groups in total. The number of anilines is 1. The van der Waals surface area contributed by atoms with Gasteiger partial charge < -0.3 is 20.1 Å². The van der Waals surface area contributed by atoms with Crippen molar-refractivity contribution >= 4 is 17.6 Å². The molecule has 182 valence electrons. The summed E-state index contributed by atoms with van der Waals surface area (Å²) >= 11 is 0. The van der Waals surface area contributed by atoms with Crippen LogP contribution in [0.25, 0.3) is 0 Å². The van der Waals surface area contributed by atoms with E-state index in [0.29, 0.717) is 23.6 Å². The number of Topliss-reactive ketones (excluding diaryl/α,β-unsaturated/α-hetero) is 1. The zero-order valence-electron chi connectivity index (χ0n) is 20.0. The van der Waals surface area contributed by atoms with Crippen molar-refractivity contribution in [2.45, 2.75) is 51.9 Å². The van der Waals surface area contributed by atoms with E-state index in [-0.39, 0.29) is 28.6 Å². The number of hydrogen-bond donors (Lipinski definition) is 4. The molecule has 7 heteroatoms. The normalized spacial score (nSPS) is 41.8. The fourth-order valence-electron chi connectivity index (χ4n) is 7.37. The van der Waals surface area contributed by atoms with E-state index in [4.69, 9.17) is 4.74 Å². The number of nitrogens with one attached hydrogen (secondary N) is 1. The first-order valence-corrected chi connectivity index (χ1v) is 12.0. The van der Waals surface area contributed by atoms with Crippen molar-refractivity contribution < 1.29 is 29.6 Å². The lowest BCUT2D eigenvalue weighted by molar-refractivity contribution is -0.189. The minimum Gasteiger partial charge on any atom is -0.438 e. The molecule has 0 aromatic heterocycles. The maximum absolute atomic E-state index is 14.3. The van der Waals surface area contributed by atoms with Gasteiger partial charge in [0.1, 0.15) is 6.10 Å². The summed E-state index contributed by atoms with van der Waals surface area (Å²) in [6, 6.07) is 8.77. The van der Waals surface area contributed by atoms with Crippen LogP contribution in [-0.2, 0) is 9.53 Å². The summed E-state index contributed by atoms with van der Waals surface area (Å²) in [5.74, 6) is -0.630. The molecule has 4 aliphatic rings. The van der Waals surface area contributed by atoms with Crippen LogP contribution in [0.15, 0.2) is 53.6 Å². The Labute approximate surface area is 199 Å². The second-order valence-electron chi connectivity index (χ2n) is 11.1. The van der Waals surface area contributed by atoms with E-state index in [1.165, 1.54) is 0 Å². The number of rotatable bonds is 3. The topological polar surface area (TPSA) is 116 Å². The Kier molecular flexibility index (Phi) is 5.14. The highest BCUT2D eigenvalue weighted by atomic mass is 16.6. The largest absolute Gasteiger partial charge is 0.438 e. The summed E-state index contributed by atoms with van der Waals surface area (Å²) in [5, 5.41) is 36.6. The molecule has 2 unspecified atom stereocenters. The Hall–Kier alpha value is -2.48. The van der Waals surface area contributed by atoms with Gasteiger partial charge >= 0.3 is 6.09 Å². The lowest BCUT2D eigenvalue weighted by Crippen LogP contribution is -2.66. The number of aliphatic hydroxyl groups excluding tert-OH is 2. The first-order valence-electron chi connectivity index (χ1n) is 12.0. The van der Waals surface area contributed by atoms with Crippen LogP contribution in [0.3, 0.4) is 0 Å². The molecule has 1 aromatic carbocycles. The molecular formula is C27H33NO6. The number of hydrogen-bond acceptors (Lipinski definition) is 6. The van der Waals surface area contributed by atoms with Crippen molar-refractivity contribution in [2.75, 3.05) is 11.9 Å². The predicted octanol–water partition coefficient (Wildman–Crippen LogP) is 3.07. The molecule has 1 aromatic rings. The SMILES string of the molecule is CC1=CC23C(=O)[C@@H](C=C(CO)[C@@H](O)[C@]2(O)[C@H]1OC(=O)Nc1ccccc1)[C@H]1[C@@H](CC3C)C1(C)C. The molecule has 2 bridgehead atoms. The Morgan fingerprint density at radius 2 is 1.91 bits per heavy atom. The van der Waals surface area contributed by atoms with E-state index in [1.54, 1.807) is 43.3 Å². The third-order valence-electron chi connectivity index (χ3n) is 9.14. The summed E-state index contributed by atoms with van der Waals surface area (Å²) in [6.07, 6.45) is 0.478. The van der Waals surface area contributed by atoms with Gasteiger partial charge in [0.05, 0.1) is 12.0 Å². The Morgan fingerprint density at radius 1 is 1.24 bits per heavy atom. The summed E-state index contributed by atoms with van der Waals surface area (Å²) in [7, 11) is 0. The number of fused-ring (bicyclic) bond motifs is 3. The van der Waals surface area contributed by atoms with Gasteiger partial charge in [0, 0.05) is 11.6 Å². The average molecular weight is 468 g/mol. The van der Waals surface area contributed by atoms with E-state index < -0.39 is 41.8 Å². The van der Waals surface area contributed by atoms with Crippen molar-refractivity contribution in [3.05, 3.63) is 53.6 Å². The lowest BCUT2D eigenvalue weighted by Gasteiger charge is -2.48. The number of carbonyl (C=O) groups is 2. The van der Waals surface area contributed by atoms with Gasteiger partial charge in [-0.25, -0.2) is 4.79 Å². The van der Waals surface area contributed by atoms with E-state index in [9.17, 15) is 24.9 Å². The molecule has 0 saturated heterocycles. The van der Waals surface area contributed by atoms with Crippen molar-refractivity contribution in [1.29, 1.82) is 0 Å². The van der Waals surface area contributed by atoms with Crippen molar-refractivity contribution in [3.8, 4) is 0 Å². The van der Waals surface area contributed by atoms with Crippen LogP contribution < -0.4 is 5.32 Å². The summed E-state index contributed by atoms with van der Waals surface area (Å²) in [5.41, 5.74) is -2.38. The minimum absolute atomic E-state index is 0.0382. The zero-order chi connectivity index (χ0) is 24.6. The summed E-state index contributed by atoms with van der Waals surface area (Å²) in [6.45, 7) is 7.44. The molecule has 1 spiro atoms. The molecule has 7 nitrogen and oxygen atoms in total. The van der Waals surface area contributed by atoms with E-state index >= 15 is 0 Å². The van der Waals surface area contributed by atoms with E-state index in [2.05, 4.69) is 19.2 Å². The Bertz CT molecular complexity index is 1090. The quantitative estimate of drug-likeness (QED) is 0.508. The van der Waals surface area contributed by atoms with E-state index in [0.717, 1.165) is 0 Å². The number of ether oxygens (including phenoxy) is 1. The highest BCUT2D eigenvalue weighted by Crippen LogP contribution is 2.71. The molecular weight excluding hydrogens is 434 g/mol. The van der Waals surface area contributed by atoms with Crippen LogP contribution in [-0.4, -0.2) is 51.6 Å². The highest BCUT2D eigenvalue weighted by molar-refractivity contribution is 5.95. The second-order valence-corrected chi connectivity index (χ2v) is 11.1. The van der Waals surface area contributed by atoms with Crippen LogP contribution in [0.4, 0.5) is 10.5 Å². The minimum atomic E-state index is -2.13. The van der Waals surface area contributed by atoms with Gasteiger partial charge in [0.15, 0.2) is 17.5 Å². The molecule has 5 rings (SSSR count). The van der Waals surface area contributed by atoms with Crippen LogP contribution in [0.2, 0.25) is 0 Å². The third-order valence-corrected chi connectivity index (χ3v) is 9.14. The highest BCUT2D eigenvalue weighted by Gasteiger charge is 2.76. The van der Waals surface area contributed by atoms with Gasteiger partial charge in [-0.2, -0.15) is 0 Å². The van der Waals surface area contributed by atoms with Crippen LogP contribution in [0.5, 0.6) is 0 Å². The summed E-state index contributed by atoms with van der Waals surface area (Å²) < 4.78 is 5.73. The van der Waals surface area contributed by atoms with Gasteiger partial charge in [-0.15, -0.1) is 0 Å². The Balaban J connectivity index is 1.58. The molecule has 2 fully saturated rings. The van der Waals surface area contributed by atoms with Crippen molar-refractivity contribution in [1.82, 2.24) is 0 Å². The van der Waals surface area contributed by atoms with Gasteiger partial charge in [0.2, 0.25) is 0 Å². The molecule has 0 radical (unpaired) electrons. The molecule has 34 heavy (non-hydrogen) atoms. The lowest BCUT2D eigenvalue weighted by atomic mass is 9.59. The van der Waals surface area contributed by atoms with Crippen molar-refractivity contribution in [3.63, 3.8) is 0 Å². The van der Waals surface area contributed by atoms with E-state index in [1.807, 2.05) is 13.0 Å². The molecule has 4 aliphatic carbocycles. The van der Waals surface area contributed by atoms with Crippen LogP contribution in [0, 0.1) is 34.5 Å². The van der Waals surface area contributed by atoms with Gasteiger partial charge in [-0.3, -0.25) is 10.1 Å². The average Bonchev–Trinajstić information content (AvgIpc) is 3.28. The number of benzene rings is 1. The zero-order valence-corrected chi connectivity index (χ0v) is 20.0. The maximum Gasteiger partial charge on any atom is 0.412 e. The fourth-order valence-corrected chi connectivity index (χ4v) is 7.37. The number of amides is 1. The Morgan fingerprint density at radius 3 is 2.56 bits per heavy atom. The van der Waals surface area contributed by atoms with Gasteiger partial charge in [0.25, 0.3) is 0 Å². The molecule has 8 atom stereocenters. The van der Waals surface area contributed by atoms with Crippen molar-refractivity contribution in [2.24, 2.45) is 34.5 Å². The second kappa shape index (κ2) is 7.51. The first kappa shape index (κ1) is 23.3. The van der Waals surface area contributed by atoms with Crippen LogP contribution in [0.1, 0.15) is 34.1 Å². The number of para-hydroxylation sites is 1. The molecule has 1 amide bonds. The number of aliphatic hydroxyl groups is 3. The first-order chi connectivity index (χ1) is 16.0. The van der Waals surface area contributed by atoms with Gasteiger partial charge in [-0.05, 0) is 59.8 Å².